The van der Waals surface area contributed by atoms with Gasteiger partial charge in [-0.2, -0.15) is 0 Å². The summed E-state index contributed by atoms with van der Waals surface area (Å²) in [4.78, 5) is 72.1. The van der Waals surface area contributed by atoms with Crippen LogP contribution < -0.4 is 15.4 Å². The van der Waals surface area contributed by atoms with Crippen LogP contribution in [0.1, 0.15) is 70.5 Å². The van der Waals surface area contributed by atoms with Crippen LogP contribution in [0.2, 0.25) is 0 Å². The number of amides is 5. The fourth-order valence-corrected chi connectivity index (χ4v) is 6.44. The normalized spacial score (nSPS) is 22.7. The molecule has 49 heavy (non-hydrogen) atoms. The van der Waals surface area contributed by atoms with Crippen molar-refractivity contribution in [2.24, 2.45) is 0 Å². The summed E-state index contributed by atoms with van der Waals surface area (Å²) in [6, 6.07) is 13.2. The van der Waals surface area contributed by atoms with Crippen molar-refractivity contribution in [2.45, 2.75) is 95.8 Å². The second kappa shape index (κ2) is 15.2. The number of rotatable bonds is 7. The van der Waals surface area contributed by atoms with Gasteiger partial charge in [0.2, 0.25) is 17.7 Å². The van der Waals surface area contributed by atoms with Crippen molar-refractivity contribution < 1.29 is 38.2 Å². The number of nitrogens with zero attached hydrogens (tertiary/aromatic N) is 3. The van der Waals surface area contributed by atoms with Crippen molar-refractivity contribution in [2.75, 3.05) is 26.7 Å². The molecule has 0 bridgehead atoms. The number of ether oxygens (including phenoxy) is 3. The van der Waals surface area contributed by atoms with Gasteiger partial charge in [-0.3, -0.25) is 19.3 Å². The molecular weight excluding hydrogens is 630 g/mol. The Morgan fingerprint density at radius 1 is 0.959 bits per heavy atom. The fourth-order valence-electron chi connectivity index (χ4n) is 6.44. The number of likely N-dealkylation sites (N-methyl/N-ethyl adjacent to an activating group) is 1. The molecule has 5 amide bonds. The molecule has 0 spiro atoms. The summed E-state index contributed by atoms with van der Waals surface area (Å²) < 4.78 is 16.8. The largest absolute Gasteiger partial charge is 0.493 e. The highest BCUT2D eigenvalue weighted by Crippen LogP contribution is 2.34. The number of nitrogens with one attached hydrogen (secondary N) is 2. The first-order valence-electron chi connectivity index (χ1n) is 16.9. The standard InChI is InChI=1S/C36H47N5O8/c1-23(39(5)34(45)49-36(2,3)4)31(42)38-28-21-40(35(46)48-22-24-11-7-6-8-12-24)19-17-25-15-16-29(41(25)33(28)44)32(43)37-27-18-20-47-30-14-10-9-13-26(27)30/h6-14,23,25,27-29H,15-22H2,1-5H3,(H,37,43)(H,38,42)/t23-,25+,27+,28-,29-/m0/s1. The monoisotopic (exact) mass is 677 g/mol. The van der Waals surface area contributed by atoms with E-state index >= 15 is 0 Å². The van der Waals surface area contributed by atoms with Gasteiger partial charge in [-0.05, 0) is 58.6 Å². The van der Waals surface area contributed by atoms with Crippen LogP contribution in [-0.2, 0) is 30.5 Å². The zero-order chi connectivity index (χ0) is 35.3. The highest BCUT2D eigenvalue weighted by molar-refractivity contribution is 5.95. The van der Waals surface area contributed by atoms with Gasteiger partial charge in [0.1, 0.15) is 36.1 Å². The predicted octanol–water partition coefficient (Wildman–Crippen LogP) is 3.77. The minimum absolute atomic E-state index is 0.0476. The van der Waals surface area contributed by atoms with E-state index in [9.17, 15) is 24.0 Å². The Hall–Kier alpha value is -4.81. The molecule has 2 fully saturated rings. The van der Waals surface area contributed by atoms with E-state index < -0.39 is 47.7 Å². The molecule has 2 aromatic rings. The second-order valence-corrected chi connectivity index (χ2v) is 13.8. The number of benzene rings is 2. The maximum absolute atomic E-state index is 14.4. The molecule has 2 N–H and O–H groups in total. The van der Waals surface area contributed by atoms with Gasteiger partial charge >= 0.3 is 12.2 Å². The maximum Gasteiger partial charge on any atom is 0.410 e. The number of carbonyl (C=O) groups excluding carboxylic acids is 5. The molecule has 0 aliphatic carbocycles. The molecule has 13 heteroatoms. The summed E-state index contributed by atoms with van der Waals surface area (Å²) in [6.07, 6.45) is 0.706. The molecule has 5 atom stereocenters. The van der Waals surface area contributed by atoms with Gasteiger partial charge in [-0.1, -0.05) is 48.5 Å². The average Bonchev–Trinajstić information content (AvgIpc) is 3.50. The Kier molecular flexibility index (Phi) is 11.0. The molecule has 3 heterocycles. The van der Waals surface area contributed by atoms with Gasteiger partial charge in [-0.15, -0.1) is 0 Å². The molecule has 13 nitrogen and oxygen atoms in total. The van der Waals surface area contributed by atoms with E-state index in [0.29, 0.717) is 32.3 Å². The molecule has 264 valence electrons. The molecule has 0 saturated carbocycles. The smallest absolute Gasteiger partial charge is 0.410 e. The number of hydrogen-bond donors (Lipinski definition) is 2. The van der Waals surface area contributed by atoms with E-state index in [1.54, 1.807) is 25.7 Å². The van der Waals surface area contributed by atoms with Crippen molar-refractivity contribution in [3.63, 3.8) is 0 Å². The van der Waals surface area contributed by atoms with Crippen LogP contribution in [0, 0.1) is 0 Å². The third kappa shape index (κ3) is 8.62. The minimum Gasteiger partial charge on any atom is -0.493 e. The SMILES string of the molecule is C[C@@H](C(=O)N[C@H]1CN(C(=O)OCc2ccccc2)CC[C@H]2CC[C@@H](C(=O)N[C@@H]3CCOc4ccccc43)N2C1=O)N(C)C(=O)OC(C)(C)C. The third-order valence-electron chi connectivity index (χ3n) is 9.19. The van der Waals surface area contributed by atoms with Gasteiger partial charge in [0.15, 0.2) is 0 Å². The first-order chi connectivity index (χ1) is 23.3. The Morgan fingerprint density at radius 2 is 1.67 bits per heavy atom. The summed E-state index contributed by atoms with van der Waals surface area (Å²) in [5, 5.41) is 5.93. The maximum atomic E-state index is 14.4. The number of carbonyl (C=O) groups is 5. The van der Waals surface area contributed by atoms with Crippen molar-refractivity contribution in [1.82, 2.24) is 25.3 Å². The van der Waals surface area contributed by atoms with Crippen LogP contribution >= 0.6 is 0 Å². The highest BCUT2D eigenvalue weighted by Gasteiger charge is 2.46. The lowest BCUT2D eigenvalue weighted by molar-refractivity contribution is -0.145. The van der Waals surface area contributed by atoms with Crippen LogP contribution in [0.25, 0.3) is 0 Å². The molecule has 3 aliphatic rings. The van der Waals surface area contributed by atoms with E-state index in [2.05, 4.69) is 10.6 Å². The zero-order valence-electron chi connectivity index (χ0n) is 28.8. The van der Waals surface area contributed by atoms with Crippen LogP contribution in [0.4, 0.5) is 9.59 Å². The average molecular weight is 678 g/mol. The summed E-state index contributed by atoms with van der Waals surface area (Å²) >= 11 is 0. The van der Waals surface area contributed by atoms with Gasteiger partial charge < -0.3 is 34.6 Å². The lowest BCUT2D eigenvalue weighted by atomic mass is 10.00. The fraction of sp³-hybridized carbons (Fsp3) is 0.528. The molecule has 0 unspecified atom stereocenters. The number of fused-ring (bicyclic) bond motifs is 2. The van der Waals surface area contributed by atoms with E-state index in [0.717, 1.165) is 21.8 Å². The van der Waals surface area contributed by atoms with Gasteiger partial charge in [0, 0.05) is 31.6 Å². The van der Waals surface area contributed by atoms with E-state index in [1.807, 2.05) is 54.6 Å². The van der Waals surface area contributed by atoms with E-state index in [-0.39, 0.29) is 37.7 Å². The van der Waals surface area contributed by atoms with Crippen LogP contribution in [0.15, 0.2) is 54.6 Å². The van der Waals surface area contributed by atoms with Gasteiger partial charge in [-0.25, -0.2) is 9.59 Å². The van der Waals surface area contributed by atoms with Gasteiger partial charge in [0.25, 0.3) is 0 Å². The molecule has 0 radical (unpaired) electrons. The summed E-state index contributed by atoms with van der Waals surface area (Å²) in [5.74, 6) is -0.643. The quantitative estimate of drug-likeness (QED) is 0.451. The second-order valence-electron chi connectivity index (χ2n) is 13.8. The number of para-hydroxylation sites is 1. The predicted molar refractivity (Wildman–Crippen MR) is 179 cm³/mol. The summed E-state index contributed by atoms with van der Waals surface area (Å²) in [5.41, 5.74) is 0.921. The Labute approximate surface area is 287 Å². The zero-order valence-corrected chi connectivity index (χ0v) is 28.8. The minimum atomic E-state index is -1.20. The topological polar surface area (TPSA) is 147 Å². The Morgan fingerprint density at radius 3 is 2.41 bits per heavy atom. The van der Waals surface area contributed by atoms with Gasteiger partial charge in [0.05, 0.1) is 19.2 Å². The lowest BCUT2D eigenvalue weighted by Crippen LogP contribution is -2.62. The van der Waals surface area contributed by atoms with Crippen LogP contribution in [0.3, 0.4) is 0 Å². The number of hydrogen-bond acceptors (Lipinski definition) is 8. The van der Waals surface area contributed by atoms with E-state index in [1.165, 1.54) is 18.9 Å². The van der Waals surface area contributed by atoms with Crippen LogP contribution in [-0.4, -0.2) is 101 Å². The van der Waals surface area contributed by atoms with Crippen molar-refractivity contribution in [3.8, 4) is 5.75 Å². The molecule has 0 aromatic heterocycles. The van der Waals surface area contributed by atoms with Crippen LogP contribution in [0.5, 0.6) is 5.75 Å². The van der Waals surface area contributed by atoms with Crippen molar-refractivity contribution in [3.05, 3.63) is 65.7 Å². The van der Waals surface area contributed by atoms with Crippen molar-refractivity contribution in [1.29, 1.82) is 0 Å². The Balaban J connectivity index is 1.34. The summed E-state index contributed by atoms with van der Waals surface area (Å²) in [7, 11) is 1.44. The molecular formula is C36H47N5O8. The highest BCUT2D eigenvalue weighted by atomic mass is 16.6. The van der Waals surface area contributed by atoms with Crippen molar-refractivity contribution >= 4 is 29.9 Å². The Bertz CT molecular complexity index is 1530. The van der Waals surface area contributed by atoms with E-state index in [4.69, 9.17) is 14.2 Å². The molecule has 5 rings (SSSR count). The molecule has 3 aliphatic heterocycles. The summed E-state index contributed by atoms with van der Waals surface area (Å²) in [6.45, 7) is 7.28. The first-order valence-corrected chi connectivity index (χ1v) is 16.9. The first kappa shape index (κ1) is 35.5. The lowest BCUT2D eigenvalue weighted by Gasteiger charge is -2.39. The third-order valence-corrected chi connectivity index (χ3v) is 9.19. The molecule has 2 saturated heterocycles. The molecule has 2 aromatic carbocycles.